The van der Waals surface area contributed by atoms with Gasteiger partial charge in [-0.05, 0) is 68.1 Å². The standard InChI is InChI=1S/C23H27N3O4/c1-6-30-23(27)21-22(26-18-12-15(3)14(2)11-17(18)25-21)24-10-9-16-7-8-19(28-4)20(13-16)29-5/h7-8,11-13H,6,9-10H2,1-5H3,(H,24,26). The van der Waals surface area contributed by atoms with Crippen molar-refractivity contribution in [2.24, 2.45) is 0 Å². The molecule has 3 aromatic rings. The van der Waals surface area contributed by atoms with Crippen LogP contribution in [0.25, 0.3) is 11.0 Å². The Morgan fingerprint density at radius 2 is 1.63 bits per heavy atom. The third kappa shape index (κ3) is 4.62. The summed E-state index contributed by atoms with van der Waals surface area (Å²) < 4.78 is 15.8. The number of hydrogen-bond acceptors (Lipinski definition) is 7. The summed E-state index contributed by atoms with van der Waals surface area (Å²) in [5.74, 6) is 1.30. The molecule has 0 aliphatic heterocycles. The molecule has 7 heteroatoms. The van der Waals surface area contributed by atoms with E-state index in [1.54, 1.807) is 21.1 Å². The van der Waals surface area contributed by atoms with E-state index in [1.165, 1.54) is 0 Å². The Bertz CT molecular complexity index is 1070. The Hall–Kier alpha value is -3.35. The van der Waals surface area contributed by atoms with Gasteiger partial charge in [-0.2, -0.15) is 0 Å². The second-order valence-corrected chi connectivity index (χ2v) is 6.93. The number of carbonyl (C=O) groups excluding carboxylic acids is 1. The van der Waals surface area contributed by atoms with Crippen LogP contribution in [0.3, 0.4) is 0 Å². The Morgan fingerprint density at radius 1 is 0.967 bits per heavy atom. The van der Waals surface area contributed by atoms with Crippen molar-refractivity contribution in [2.45, 2.75) is 27.2 Å². The van der Waals surface area contributed by atoms with Crippen LogP contribution in [0.5, 0.6) is 11.5 Å². The van der Waals surface area contributed by atoms with Gasteiger partial charge in [-0.3, -0.25) is 0 Å². The highest BCUT2D eigenvalue weighted by molar-refractivity contribution is 5.95. The van der Waals surface area contributed by atoms with E-state index in [9.17, 15) is 4.79 Å². The van der Waals surface area contributed by atoms with Crippen LogP contribution >= 0.6 is 0 Å². The molecule has 0 aliphatic carbocycles. The minimum absolute atomic E-state index is 0.194. The van der Waals surface area contributed by atoms with Gasteiger partial charge >= 0.3 is 5.97 Å². The number of aromatic nitrogens is 2. The zero-order valence-electron chi connectivity index (χ0n) is 18.0. The van der Waals surface area contributed by atoms with Gasteiger partial charge in [-0.15, -0.1) is 0 Å². The van der Waals surface area contributed by atoms with Crippen LogP contribution in [0.4, 0.5) is 5.82 Å². The molecule has 1 N–H and O–H groups in total. The maximum absolute atomic E-state index is 12.5. The molecule has 0 radical (unpaired) electrons. The molecule has 7 nitrogen and oxygen atoms in total. The zero-order chi connectivity index (χ0) is 21.7. The van der Waals surface area contributed by atoms with E-state index in [-0.39, 0.29) is 12.3 Å². The maximum atomic E-state index is 12.5. The Balaban J connectivity index is 1.85. The van der Waals surface area contributed by atoms with E-state index in [0.29, 0.717) is 35.8 Å². The quantitative estimate of drug-likeness (QED) is 0.561. The fraction of sp³-hybridized carbons (Fsp3) is 0.348. The van der Waals surface area contributed by atoms with Gasteiger partial charge in [0, 0.05) is 6.54 Å². The first-order valence-electron chi connectivity index (χ1n) is 9.87. The minimum atomic E-state index is -0.487. The third-order valence-electron chi connectivity index (χ3n) is 4.90. The van der Waals surface area contributed by atoms with Crippen LogP contribution in [0.1, 0.15) is 34.1 Å². The second kappa shape index (κ2) is 9.43. The Kier molecular flexibility index (Phi) is 6.72. The predicted octanol–water partition coefficient (Wildman–Crippen LogP) is 4.10. The van der Waals surface area contributed by atoms with Crippen LogP contribution < -0.4 is 14.8 Å². The molecule has 0 amide bonds. The molecule has 0 saturated carbocycles. The summed E-state index contributed by atoms with van der Waals surface area (Å²) in [7, 11) is 3.22. The molecule has 3 rings (SSSR count). The summed E-state index contributed by atoms with van der Waals surface area (Å²) in [5.41, 5.74) is 4.89. The summed E-state index contributed by atoms with van der Waals surface area (Å²) in [5, 5.41) is 3.25. The number of methoxy groups -OCH3 is 2. The van der Waals surface area contributed by atoms with Gasteiger partial charge in [-0.1, -0.05) is 6.07 Å². The van der Waals surface area contributed by atoms with Gasteiger partial charge in [0.05, 0.1) is 31.9 Å². The molecule has 0 bridgehead atoms. The first-order valence-corrected chi connectivity index (χ1v) is 9.87. The van der Waals surface area contributed by atoms with Crippen molar-refractivity contribution in [3.05, 3.63) is 52.7 Å². The first-order chi connectivity index (χ1) is 14.5. The number of ether oxygens (including phenoxy) is 3. The van der Waals surface area contributed by atoms with Crippen LogP contribution in [0, 0.1) is 13.8 Å². The number of fused-ring (bicyclic) bond motifs is 1. The van der Waals surface area contributed by atoms with Gasteiger partial charge in [-0.25, -0.2) is 14.8 Å². The zero-order valence-corrected chi connectivity index (χ0v) is 18.0. The normalized spacial score (nSPS) is 10.7. The molecular weight excluding hydrogens is 382 g/mol. The third-order valence-corrected chi connectivity index (χ3v) is 4.90. The van der Waals surface area contributed by atoms with Gasteiger partial charge < -0.3 is 19.5 Å². The highest BCUT2D eigenvalue weighted by Gasteiger charge is 2.18. The molecule has 1 heterocycles. The second-order valence-electron chi connectivity index (χ2n) is 6.93. The molecule has 0 saturated heterocycles. The van der Waals surface area contributed by atoms with Crippen molar-refractivity contribution in [1.29, 1.82) is 0 Å². The number of rotatable bonds is 8. The fourth-order valence-corrected chi connectivity index (χ4v) is 3.14. The van der Waals surface area contributed by atoms with E-state index in [2.05, 4.69) is 15.3 Å². The number of nitrogens with zero attached hydrogens (tertiary/aromatic N) is 2. The number of anilines is 1. The summed E-state index contributed by atoms with van der Waals surface area (Å²) in [4.78, 5) is 21.6. The lowest BCUT2D eigenvalue weighted by atomic mass is 10.1. The van der Waals surface area contributed by atoms with Gasteiger partial charge in [0.25, 0.3) is 0 Å². The lowest BCUT2D eigenvalue weighted by molar-refractivity contribution is 0.0521. The SMILES string of the molecule is CCOC(=O)c1nc2cc(C)c(C)cc2nc1NCCc1ccc(OC)c(OC)c1. The van der Waals surface area contributed by atoms with E-state index >= 15 is 0 Å². The van der Waals surface area contributed by atoms with Crippen molar-refractivity contribution in [3.8, 4) is 11.5 Å². The molecular formula is C23H27N3O4. The van der Waals surface area contributed by atoms with E-state index in [1.807, 2.05) is 44.2 Å². The largest absolute Gasteiger partial charge is 0.493 e. The van der Waals surface area contributed by atoms with E-state index < -0.39 is 5.97 Å². The van der Waals surface area contributed by atoms with Crippen LogP contribution in [-0.2, 0) is 11.2 Å². The van der Waals surface area contributed by atoms with Gasteiger partial charge in [0.1, 0.15) is 0 Å². The molecule has 2 aromatic carbocycles. The molecule has 0 aliphatic rings. The molecule has 0 fully saturated rings. The molecule has 1 aromatic heterocycles. The number of aryl methyl sites for hydroxylation is 2. The van der Waals surface area contributed by atoms with Crippen molar-refractivity contribution >= 4 is 22.8 Å². The first kappa shape index (κ1) is 21.4. The molecule has 0 unspecified atom stereocenters. The molecule has 158 valence electrons. The van der Waals surface area contributed by atoms with Crippen LogP contribution in [0.2, 0.25) is 0 Å². The average molecular weight is 409 g/mol. The van der Waals surface area contributed by atoms with E-state index in [4.69, 9.17) is 14.2 Å². The number of benzene rings is 2. The van der Waals surface area contributed by atoms with Crippen LogP contribution in [0.15, 0.2) is 30.3 Å². The van der Waals surface area contributed by atoms with Crippen molar-refractivity contribution < 1.29 is 19.0 Å². The number of esters is 1. The fourth-order valence-electron chi connectivity index (χ4n) is 3.14. The van der Waals surface area contributed by atoms with Crippen molar-refractivity contribution in [2.75, 3.05) is 32.7 Å². The topological polar surface area (TPSA) is 82.6 Å². The van der Waals surface area contributed by atoms with Crippen LogP contribution in [-0.4, -0.2) is 43.3 Å². The number of nitrogens with one attached hydrogen (secondary N) is 1. The number of hydrogen-bond donors (Lipinski definition) is 1. The summed E-state index contributed by atoms with van der Waals surface area (Å²) in [6.07, 6.45) is 0.704. The lowest BCUT2D eigenvalue weighted by Gasteiger charge is -2.13. The van der Waals surface area contributed by atoms with Crippen molar-refractivity contribution in [1.82, 2.24) is 9.97 Å². The van der Waals surface area contributed by atoms with Gasteiger partial charge in [0.2, 0.25) is 0 Å². The number of carbonyl (C=O) groups is 1. The monoisotopic (exact) mass is 409 g/mol. The molecule has 0 atom stereocenters. The van der Waals surface area contributed by atoms with E-state index in [0.717, 1.165) is 22.2 Å². The Labute approximate surface area is 176 Å². The average Bonchev–Trinajstić information content (AvgIpc) is 2.74. The Morgan fingerprint density at radius 3 is 2.27 bits per heavy atom. The lowest BCUT2D eigenvalue weighted by Crippen LogP contribution is -2.15. The van der Waals surface area contributed by atoms with Gasteiger partial charge in [0.15, 0.2) is 23.0 Å². The highest BCUT2D eigenvalue weighted by Crippen LogP contribution is 2.28. The minimum Gasteiger partial charge on any atom is -0.493 e. The summed E-state index contributed by atoms with van der Waals surface area (Å²) in [6.45, 7) is 6.64. The maximum Gasteiger partial charge on any atom is 0.360 e. The molecule has 0 spiro atoms. The summed E-state index contributed by atoms with van der Waals surface area (Å²) >= 11 is 0. The molecule has 30 heavy (non-hydrogen) atoms. The highest BCUT2D eigenvalue weighted by atomic mass is 16.5. The predicted molar refractivity (Wildman–Crippen MR) is 117 cm³/mol. The smallest absolute Gasteiger partial charge is 0.360 e. The van der Waals surface area contributed by atoms with Crippen molar-refractivity contribution in [3.63, 3.8) is 0 Å². The summed E-state index contributed by atoms with van der Waals surface area (Å²) in [6, 6.07) is 9.71.